The van der Waals surface area contributed by atoms with E-state index in [1.54, 1.807) is 19.1 Å². The second kappa shape index (κ2) is 6.40. The molecule has 0 saturated heterocycles. The van der Waals surface area contributed by atoms with Crippen LogP contribution >= 0.6 is 0 Å². The van der Waals surface area contributed by atoms with Gasteiger partial charge in [-0.2, -0.15) is 0 Å². The maximum Gasteiger partial charge on any atom is 0.358 e. The van der Waals surface area contributed by atoms with Gasteiger partial charge < -0.3 is 10.1 Å². The Morgan fingerprint density at radius 2 is 2.31 bits per heavy atom. The number of carbonyl (C=O) groups excluding carboxylic acids is 1. The average molecular weight is 219 g/mol. The van der Waals surface area contributed by atoms with Gasteiger partial charge in [0.2, 0.25) is 0 Å². The number of rotatable bonds is 4. The first-order valence-electron chi connectivity index (χ1n) is 4.83. The van der Waals surface area contributed by atoms with Crippen LogP contribution in [0, 0.1) is 11.8 Å². The molecule has 16 heavy (non-hydrogen) atoms. The molecule has 0 aliphatic carbocycles. The highest BCUT2D eigenvalue weighted by Gasteiger charge is 2.06. The number of esters is 1. The molecule has 0 bridgehead atoms. The zero-order valence-electron chi connectivity index (χ0n) is 9.28. The third kappa shape index (κ3) is 3.58. The lowest BCUT2D eigenvalue weighted by molar-refractivity contribution is 0.0593. The summed E-state index contributed by atoms with van der Waals surface area (Å²) >= 11 is 0. The summed E-state index contributed by atoms with van der Waals surface area (Å²) in [5.74, 6) is 5.85. The quantitative estimate of drug-likeness (QED) is 0.466. The number of carbonyl (C=O) groups is 1. The van der Waals surface area contributed by atoms with Crippen molar-refractivity contribution >= 4 is 11.8 Å². The number of nitrogens with one attached hydrogen (secondary N) is 1. The molecule has 5 nitrogen and oxygen atoms in total. The van der Waals surface area contributed by atoms with E-state index in [-0.39, 0.29) is 5.69 Å². The van der Waals surface area contributed by atoms with Crippen molar-refractivity contribution < 1.29 is 9.53 Å². The van der Waals surface area contributed by atoms with Crippen molar-refractivity contribution in [3.8, 4) is 11.8 Å². The van der Waals surface area contributed by atoms with Crippen molar-refractivity contribution in [2.45, 2.75) is 13.3 Å². The molecule has 0 fully saturated rings. The normalized spacial score (nSPS) is 8.88. The van der Waals surface area contributed by atoms with E-state index in [1.807, 2.05) is 0 Å². The minimum Gasteiger partial charge on any atom is -0.464 e. The molecule has 0 aromatic carbocycles. The molecule has 0 saturated carbocycles. The van der Waals surface area contributed by atoms with Crippen LogP contribution in [0.4, 0.5) is 5.82 Å². The van der Waals surface area contributed by atoms with E-state index in [1.165, 1.54) is 7.11 Å². The molecule has 0 aliphatic heterocycles. The average Bonchev–Trinajstić information content (AvgIpc) is 2.34. The van der Waals surface area contributed by atoms with Crippen LogP contribution in [0.2, 0.25) is 0 Å². The van der Waals surface area contributed by atoms with E-state index in [0.717, 1.165) is 6.42 Å². The molecule has 0 unspecified atom stereocenters. The van der Waals surface area contributed by atoms with Gasteiger partial charge in [0.25, 0.3) is 0 Å². The van der Waals surface area contributed by atoms with Gasteiger partial charge in [0.1, 0.15) is 5.82 Å². The smallest absolute Gasteiger partial charge is 0.358 e. The summed E-state index contributed by atoms with van der Waals surface area (Å²) in [5, 5.41) is 10.6. The summed E-state index contributed by atoms with van der Waals surface area (Å²) in [4.78, 5) is 11.1. The van der Waals surface area contributed by atoms with Crippen LogP contribution in [-0.4, -0.2) is 29.8 Å². The predicted molar refractivity (Wildman–Crippen MR) is 59.9 cm³/mol. The molecule has 1 heterocycles. The molecule has 0 atom stereocenters. The highest BCUT2D eigenvalue weighted by molar-refractivity contribution is 5.86. The third-order valence-corrected chi connectivity index (χ3v) is 1.79. The van der Waals surface area contributed by atoms with Crippen molar-refractivity contribution in [1.82, 2.24) is 10.2 Å². The van der Waals surface area contributed by atoms with Gasteiger partial charge in [0.05, 0.1) is 7.11 Å². The topological polar surface area (TPSA) is 64.1 Å². The Kier molecular flexibility index (Phi) is 4.80. The van der Waals surface area contributed by atoms with Crippen LogP contribution in [0.25, 0.3) is 0 Å². The number of aromatic nitrogens is 2. The summed E-state index contributed by atoms with van der Waals surface area (Å²) < 4.78 is 4.51. The second-order valence-electron chi connectivity index (χ2n) is 2.90. The first-order valence-corrected chi connectivity index (χ1v) is 4.83. The molecule has 0 radical (unpaired) electrons. The number of methoxy groups -OCH3 is 1. The largest absolute Gasteiger partial charge is 0.464 e. The van der Waals surface area contributed by atoms with Gasteiger partial charge in [-0.05, 0) is 19.1 Å². The Morgan fingerprint density at radius 3 is 2.88 bits per heavy atom. The van der Waals surface area contributed by atoms with Gasteiger partial charge in [0.15, 0.2) is 5.69 Å². The van der Waals surface area contributed by atoms with E-state index in [0.29, 0.717) is 12.4 Å². The number of anilines is 1. The van der Waals surface area contributed by atoms with Gasteiger partial charge in [-0.1, -0.05) is 0 Å². The molecular weight excluding hydrogens is 206 g/mol. The molecular formula is C11H13N3O2. The zero-order valence-corrected chi connectivity index (χ0v) is 9.28. The fourth-order valence-electron chi connectivity index (χ4n) is 1.02. The molecule has 1 rings (SSSR count). The summed E-state index contributed by atoms with van der Waals surface area (Å²) in [5.41, 5.74) is 0.196. The highest BCUT2D eigenvalue weighted by Crippen LogP contribution is 2.02. The molecule has 1 aromatic rings. The van der Waals surface area contributed by atoms with Gasteiger partial charge in [-0.15, -0.1) is 22.0 Å². The van der Waals surface area contributed by atoms with Gasteiger partial charge >= 0.3 is 5.97 Å². The lowest BCUT2D eigenvalue weighted by Gasteiger charge is -2.02. The van der Waals surface area contributed by atoms with Crippen molar-refractivity contribution in [3.05, 3.63) is 17.8 Å². The van der Waals surface area contributed by atoms with E-state index in [2.05, 4.69) is 32.1 Å². The number of ether oxygens (including phenoxy) is 1. The Bertz CT molecular complexity index is 403. The van der Waals surface area contributed by atoms with Crippen LogP contribution in [0.3, 0.4) is 0 Å². The standard InChI is InChI=1S/C11H13N3O2/c1-3-4-5-8-12-10-7-6-9(13-14-10)11(15)16-2/h6-7H,5,8H2,1-2H3,(H,12,14). The van der Waals surface area contributed by atoms with Gasteiger partial charge in [0, 0.05) is 13.0 Å². The minimum atomic E-state index is -0.490. The van der Waals surface area contributed by atoms with E-state index in [4.69, 9.17) is 0 Å². The van der Waals surface area contributed by atoms with Gasteiger partial charge in [-0.3, -0.25) is 0 Å². The van der Waals surface area contributed by atoms with Crippen molar-refractivity contribution in [2.75, 3.05) is 19.0 Å². The van der Waals surface area contributed by atoms with E-state index >= 15 is 0 Å². The molecule has 1 N–H and O–H groups in total. The molecule has 84 valence electrons. The second-order valence-corrected chi connectivity index (χ2v) is 2.90. The monoisotopic (exact) mass is 219 g/mol. The van der Waals surface area contributed by atoms with Crippen molar-refractivity contribution in [3.63, 3.8) is 0 Å². The first-order chi connectivity index (χ1) is 7.77. The minimum absolute atomic E-state index is 0.196. The van der Waals surface area contributed by atoms with Crippen LogP contribution in [-0.2, 0) is 4.74 Å². The summed E-state index contributed by atoms with van der Waals surface area (Å²) in [6.07, 6.45) is 0.747. The fourth-order valence-corrected chi connectivity index (χ4v) is 1.02. The van der Waals surface area contributed by atoms with E-state index in [9.17, 15) is 4.79 Å². The summed E-state index contributed by atoms with van der Waals surface area (Å²) in [6, 6.07) is 3.24. The highest BCUT2D eigenvalue weighted by atomic mass is 16.5. The first kappa shape index (κ1) is 12.0. The Labute approximate surface area is 94.2 Å². The molecule has 5 heteroatoms. The van der Waals surface area contributed by atoms with Crippen molar-refractivity contribution in [2.24, 2.45) is 0 Å². The SMILES string of the molecule is CC#CCCNc1ccc(C(=O)OC)nn1. The van der Waals surface area contributed by atoms with Crippen LogP contribution in [0.5, 0.6) is 0 Å². The number of hydrogen-bond acceptors (Lipinski definition) is 5. The van der Waals surface area contributed by atoms with E-state index < -0.39 is 5.97 Å². The Balaban J connectivity index is 2.50. The Morgan fingerprint density at radius 1 is 1.50 bits per heavy atom. The fraction of sp³-hybridized carbons (Fsp3) is 0.364. The summed E-state index contributed by atoms with van der Waals surface area (Å²) in [6.45, 7) is 2.50. The molecule has 1 aromatic heterocycles. The number of hydrogen-bond donors (Lipinski definition) is 1. The predicted octanol–water partition coefficient (Wildman–Crippen LogP) is 1.09. The van der Waals surface area contributed by atoms with Crippen LogP contribution in [0.1, 0.15) is 23.8 Å². The number of nitrogens with zero attached hydrogens (tertiary/aromatic N) is 2. The molecule has 0 spiro atoms. The Hall–Kier alpha value is -2.09. The third-order valence-electron chi connectivity index (χ3n) is 1.79. The maximum atomic E-state index is 11.1. The van der Waals surface area contributed by atoms with Gasteiger partial charge in [-0.25, -0.2) is 4.79 Å². The molecule has 0 amide bonds. The maximum absolute atomic E-state index is 11.1. The van der Waals surface area contributed by atoms with Crippen LogP contribution in [0.15, 0.2) is 12.1 Å². The zero-order chi connectivity index (χ0) is 11.8. The van der Waals surface area contributed by atoms with Crippen LogP contribution < -0.4 is 5.32 Å². The lowest BCUT2D eigenvalue weighted by atomic mass is 10.3. The van der Waals surface area contributed by atoms with Crippen molar-refractivity contribution in [1.29, 1.82) is 0 Å². The summed E-state index contributed by atoms with van der Waals surface area (Å²) in [7, 11) is 1.31. The molecule has 0 aliphatic rings. The lowest BCUT2D eigenvalue weighted by Crippen LogP contribution is -2.08.